The number of ketones is 1. The van der Waals surface area contributed by atoms with E-state index in [0.717, 1.165) is 11.1 Å². The van der Waals surface area contributed by atoms with Crippen molar-refractivity contribution in [1.82, 2.24) is 0 Å². The van der Waals surface area contributed by atoms with E-state index in [-0.39, 0.29) is 16.2 Å². The van der Waals surface area contributed by atoms with Crippen LogP contribution < -0.4 is 0 Å². The van der Waals surface area contributed by atoms with Crippen LogP contribution in [0, 0.1) is 5.41 Å². The minimum absolute atomic E-state index is 0.177. The molecule has 0 spiro atoms. The second kappa shape index (κ2) is 6.05. The summed E-state index contributed by atoms with van der Waals surface area (Å²) in [5.41, 5.74) is 1.51. The van der Waals surface area contributed by atoms with Gasteiger partial charge in [0.15, 0.2) is 14.1 Å². The van der Waals surface area contributed by atoms with Crippen molar-refractivity contribution in [3.63, 3.8) is 0 Å². The molecule has 0 aromatic heterocycles. The highest BCUT2D eigenvalue weighted by Gasteiger charge is 2.37. The molecule has 0 N–H and O–H groups in total. The fraction of sp³-hybridized carbons (Fsp3) is 0.611. The van der Waals surface area contributed by atoms with Crippen molar-refractivity contribution < 1.29 is 9.22 Å². The number of hydrogen-bond acceptors (Lipinski definition) is 2. The van der Waals surface area contributed by atoms with Gasteiger partial charge in [-0.15, -0.1) is 0 Å². The lowest BCUT2D eigenvalue weighted by molar-refractivity contribution is 0.0858. The first kappa shape index (κ1) is 18.1. The first-order chi connectivity index (χ1) is 9.34. The Hall–Kier alpha value is -0.933. The van der Waals surface area contributed by atoms with Crippen LogP contribution >= 0.6 is 0 Å². The Bertz CT molecular complexity index is 505. The molecule has 0 aliphatic rings. The Morgan fingerprint density at radius 3 is 2.14 bits per heavy atom. The number of Topliss-reactive ketones (excluding diaryl/α,β-unsaturated/α-hetero) is 1. The molecular formula is C18H30O2Si. The van der Waals surface area contributed by atoms with Crippen molar-refractivity contribution in [3.8, 4) is 0 Å². The molecule has 1 rings (SSSR count). The Morgan fingerprint density at radius 1 is 1.10 bits per heavy atom. The van der Waals surface area contributed by atoms with Crippen LogP contribution in [0.2, 0.25) is 18.1 Å². The van der Waals surface area contributed by atoms with Crippen molar-refractivity contribution in [3.05, 3.63) is 35.4 Å². The fourth-order valence-corrected chi connectivity index (χ4v) is 2.68. The smallest absolute Gasteiger partial charge is 0.192 e. The van der Waals surface area contributed by atoms with Crippen LogP contribution in [0.3, 0.4) is 0 Å². The molecule has 0 saturated carbocycles. The van der Waals surface area contributed by atoms with E-state index < -0.39 is 8.32 Å². The lowest BCUT2D eigenvalue weighted by atomic mass is 9.86. The standard InChI is InChI=1S/C18H30O2Si/c1-17(2,3)16(19)15-11-9-10-14(12-15)13-20-21(7,8)18(4,5)6/h9-12H,13H2,1-8H3. The zero-order valence-electron chi connectivity index (χ0n) is 14.8. The average Bonchev–Trinajstić information content (AvgIpc) is 2.33. The van der Waals surface area contributed by atoms with Crippen LogP contribution in [0.1, 0.15) is 57.5 Å². The van der Waals surface area contributed by atoms with Gasteiger partial charge in [0.2, 0.25) is 0 Å². The first-order valence-electron chi connectivity index (χ1n) is 7.62. The molecule has 0 radical (unpaired) electrons. The van der Waals surface area contributed by atoms with Gasteiger partial charge in [-0.2, -0.15) is 0 Å². The Morgan fingerprint density at radius 2 is 1.67 bits per heavy atom. The summed E-state index contributed by atoms with van der Waals surface area (Å²) in [4.78, 5) is 12.3. The molecular weight excluding hydrogens is 276 g/mol. The maximum Gasteiger partial charge on any atom is 0.192 e. The van der Waals surface area contributed by atoms with Crippen molar-refractivity contribution >= 4 is 14.1 Å². The second-order valence-corrected chi connectivity index (χ2v) is 13.1. The molecule has 0 amide bonds. The molecule has 2 nitrogen and oxygen atoms in total. The highest BCUT2D eigenvalue weighted by molar-refractivity contribution is 6.74. The third kappa shape index (κ3) is 4.79. The molecule has 0 bridgehead atoms. The summed E-state index contributed by atoms with van der Waals surface area (Å²) in [6.45, 7) is 17.6. The van der Waals surface area contributed by atoms with Gasteiger partial charge in [0.05, 0.1) is 6.61 Å². The number of rotatable bonds is 4. The van der Waals surface area contributed by atoms with E-state index >= 15 is 0 Å². The van der Waals surface area contributed by atoms with E-state index in [1.165, 1.54) is 0 Å². The number of carbonyl (C=O) groups excluding carboxylic acids is 1. The third-order valence-corrected chi connectivity index (χ3v) is 8.75. The topological polar surface area (TPSA) is 26.3 Å². The summed E-state index contributed by atoms with van der Waals surface area (Å²) in [6.07, 6.45) is 0. The third-order valence-electron chi connectivity index (χ3n) is 4.28. The van der Waals surface area contributed by atoms with E-state index in [9.17, 15) is 4.79 Å². The quantitative estimate of drug-likeness (QED) is 0.547. The molecule has 0 fully saturated rings. The van der Waals surface area contributed by atoms with Crippen molar-refractivity contribution in [2.75, 3.05) is 0 Å². The molecule has 1 aromatic rings. The van der Waals surface area contributed by atoms with E-state index in [0.29, 0.717) is 6.61 Å². The van der Waals surface area contributed by atoms with Gasteiger partial charge >= 0.3 is 0 Å². The van der Waals surface area contributed by atoms with Crippen molar-refractivity contribution in [1.29, 1.82) is 0 Å². The maximum atomic E-state index is 12.3. The normalized spacial score (nSPS) is 13.3. The predicted octanol–water partition coefficient (Wildman–Crippen LogP) is 5.44. The fourth-order valence-electron chi connectivity index (χ4n) is 1.72. The average molecular weight is 307 g/mol. The molecule has 21 heavy (non-hydrogen) atoms. The molecule has 118 valence electrons. The maximum absolute atomic E-state index is 12.3. The number of benzene rings is 1. The molecule has 0 aliphatic carbocycles. The van der Waals surface area contributed by atoms with Gasteiger partial charge in [-0.3, -0.25) is 4.79 Å². The molecule has 0 aliphatic heterocycles. The molecule has 0 heterocycles. The number of carbonyl (C=O) groups is 1. The van der Waals surface area contributed by atoms with Gasteiger partial charge in [0.1, 0.15) is 0 Å². The summed E-state index contributed by atoms with van der Waals surface area (Å²) in [5, 5.41) is 0.200. The molecule has 0 atom stereocenters. The van der Waals surface area contributed by atoms with Crippen LogP contribution in [0.4, 0.5) is 0 Å². The van der Waals surface area contributed by atoms with Crippen LogP contribution in [0.25, 0.3) is 0 Å². The minimum Gasteiger partial charge on any atom is -0.413 e. The monoisotopic (exact) mass is 306 g/mol. The van der Waals surface area contributed by atoms with E-state index in [1.54, 1.807) is 0 Å². The Labute approximate surface area is 131 Å². The second-order valence-electron chi connectivity index (χ2n) is 8.33. The zero-order valence-corrected chi connectivity index (χ0v) is 15.8. The summed E-state index contributed by atoms with van der Waals surface area (Å²) in [7, 11) is -1.75. The van der Waals surface area contributed by atoms with Crippen LogP contribution in [0.5, 0.6) is 0 Å². The highest BCUT2D eigenvalue weighted by atomic mass is 28.4. The summed E-state index contributed by atoms with van der Waals surface area (Å²) < 4.78 is 6.23. The van der Waals surface area contributed by atoms with E-state index in [1.807, 2.05) is 45.0 Å². The molecule has 0 unspecified atom stereocenters. The van der Waals surface area contributed by atoms with Gasteiger partial charge in [-0.25, -0.2) is 0 Å². The summed E-state index contributed by atoms with van der Waals surface area (Å²) in [6, 6.07) is 7.85. The van der Waals surface area contributed by atoms with Crippen molar-refractivity contribution in [2.45, 2.75) is 66.3 Å². The van der Waals surface area contributed by atoms with Gasteiger partial charge in [0, 0.05) is 11.0 Å². The number of hydrogen-bond donors (Lipinski definition) is 0. The largest absolute Gasteiger partial charge is 0.413 e. The Kier molecular flexibility index (Phi) is 5.22. The zero-order chi connectivity index (χ0) is 16.5. The molecule has 3 heteroatoms. The minimum atomic E-state index is -1.75. The lowest BCUT2D eigenvalue weighted by Crippen LogP contribution is -2.40. The SMILES string of the molecule is CC(C)(C)C(=O)c1cccc(CO[Si](C)(C)C(C)(C)C)c1. The summed E-state index contributed by atoms with van der Waals surface area (Å²) >= 11 is 0. The first-order valence-corrected chi connectivity index (χ1v) is 10.5. The summed E-state index contributed by atoms with van der Waals surface area (Å²) in [5.74, 6) is 0.177. The van der Waals surface area contributed by atoms with Gasteiger partial charge in [-0.05, 0) is 29.8 Å². The van der Waals surface area contributed by atoms with Gasteiger partial charge < -0.3 is 4.43 Å². The van der Waals surface area contributed by atoms with Crippen LogP contribution in [0.15, 0.2) is 24.3 Å². The Balaban J connectivity index is 2.86. The van der Waals surface area contributed by atoms with Crippen LogP contribution in [-0.4, -0.2) is 14.1 Å². The lowest BCUT2D eigenvalue weighted by Gasteiger charge is -2.36. The molecule has 1 aromatic carbocycles. The molecule has 0 saturated heterocycles. The van der Waals surface area contributed by atoms with E-state index in [2.05, 4.69) is 33.9 Å². The highest BCUT2D eigenvalue weighted by Crippen LogP contribution is 2.37. The van der Waals surface area contributed by atoms with Crippen LogP contribution in [-0.2, 0) is 11.0 Å². The van der Waals surface area contributed by atoms with Gasteiger partial charge in [-0.1, -0.05) is 59.7 Å². The van der Waals surface area contributed by atoms with E-state index in [4.69, 9.17) is 4.43 Å². The van der Waals surface area contributed by atoms with Crippen molar-refractivity contribution in [2.24, 2.45) is 5.41 Å². The van der Waals surface area contributed by atoms with Gasteiger partial charge in [0.25, 0.3) is 0 Å². The predicted molar refractivity (Wildman–Crippen MR) is 92.2 cm³/mol.